The summed E-state index contributed by atoms with van der Waals surface area (Å²) in [6.07, 6.45) is 0.818. The van der Waals surface area contributed by atoms with Crippen LogP contribution in [0, 0.1) is 19.7 Å². The van der Waals surface area contributed by atoms with E-state index in [1.54, 1.807) is 12.1 Å². The van der Waals surface area contributed by atoms with Gasteiger partial charge in [0, 0.05) is 24.5 Å². The second-order valence-electron chi connectivity index (χ2n) is 6.15. The van der Waals surface area contributed by atoms with Crippen molar-refractivity contribution in [3.63, 3.8) is 0 Å². The van der Waals surface area contributed by atoms with Gasteiger partial charge in [-0.2, -0.15) is 5.10 Å². The number of hydrogen-bond acceptors (Lipinski definition) is 7. The van der Waals surface area contributed by atoms with Gasteiger partial charge in [0.2, 0.25) is 11.0 Å². The van der Waals surface area contributed by atoms with Crippen molar-refractivity contribution >= 4 is 39.8 Å². The number of aromatic nitrogens is 4. The number of nitrogens with one attached hydrogen (secondary N) is 2. The standard InChI is InChI=1S/C18H21FN6OS2/c1-12-9-13(2)25(24-12)8-4-7-20-16(26)11-27-18-23-22-17(28-18)21-15-6-3-5-14(19)10-15/h3,5-6,9-10H,4,7-8,11H2,1-2H3,(H,20,26)(H,21,22). The molecule has 0 aliphatic heterocycles. The Morgan fingerprint density at radius 3 is 2.89 bits per heavy atom. The van der Waals surface area contributed by atoms with Gasteiger partial charge in [-0.1, -0.05) is 29.2 Å². The minimum atomic E-state index is -0.321. The Kier molecular flexibility index (Phi) is 6.99. The number of rotatable bonds is 9. The fourth-order valence-corrected chi connectivity index (χ4v) is 4.15. The third-order valence-electron chi connectivity index (χ3n) is 3.78. The van der Waals surface area contributed by atoms with Crippen molar-refractivity contribution in [2.24, 2.45) is 0 Å². The first-order valence-corrected chi connectivity index (χ1v) is 10.6. The lowest BCUT2D eigenvalue weighted by Crippen LogP contribution is -2.27. The van der Waals surface area contributed by atoms with Crippen molar-refractivity contribution < 1.29 is 9.18 Å². The van der Waals surface area contributed by atoms with Crippen LogP contribution < -0.4 is 10.6 Å². The minimum Gasteiger partial charge on any atom is -0.355 e. The van der Waals surface area contributed by atoms with Gasteiger partial charge < -0.3 is 10.6 Å². The number of carbonyl (C=O) groups is 1. The molecule has 0 spiro atoms. The molecule has 0 atom stereocenters. The highest BCUT2D eigenvalue weighted by Gasteiger charge is 2.09. The van der Waals surface area contributed by atoms with Crippen LogP contribution in [-0.2, 0) is 11.3 Å². The molecular weight excluding hydrogens is 399 g/mol. The van der Waals surface area contributed by atoms with Crippen molar-refractivity contribution in [3.8, 4) is 0 Å². The second-order valence-corrected chi connectivity index (χ2v) is 8.35. The number of anilines is 2. The third kappa shape index (κ3) is 6.03. The summed E-state index contributed by atoms with van der Waals surface area (Å²) >= 11 is 2.65. The van der Waals surface area contributed by atoms with Crippen molar-refractivity contribution in [2.75, 3.05) is 17.6 Å². The first-order chi connectivity index (χ1) is 13.5. The zero-order valence-electron chi connectivity index (χ0n) is 15.6. The van der Waals surface area contributed by atoms with E-state index < -0.39 is 0 Å². The average Bonchev–Trinajstić information content (AvgIpc) is 3.22. The number of carbonyl (C=O) groups excluding carboxylic acids is 1. The Morgan fingerprint density at radius 1 is 1.29 bits per heavy atom. The normalized spacial score (nSPS) is 10.8. The lowest BCUT2D eigenvalue weighted by Gasteiger charge is -2.06. The predicted molar refractivity (Wildman–Crippen MR) is 110 cm³/mol. The summed E-state index contributed by atoms with van der Waals surface area (Å²) in [5, 5.41) is 18.9. The van der Waals surface area contributed by atoms with E-state index in [9.17, 15) is 9.18 Å². The van der Waals surface area contributed by atoms with Crippen LogP contribution in [0.3, 0.4) is 0 Å². The molecule has 148 valence electrons. The first-order valence-electron chi connectivity index (χ1n) is 8.76. The van der Waals surface area contributed by atoms with Crippen molar-refractivity contribution in [3.05, 3.63) is 47.5 Å². The van der Waals surface area contributed by atoms with Gasteiger partial charge in [-0.25, -0.2) is 4.39 Å². The topological polar surface area (TPSA) is 84.7 Å². The molecule has 7 nitrogen and oxygen atoms in total. The predicted octanol–water partition coefficient (Wildman–Crippen LogP) is 3.53. The van der Waals surface area contributed by atoms with Crippen LogP contribution in [0.5, 0.6) is 0 Å². The molecule has 1 amide bonds. The van der Waals surface area contributed by atoms with Crippen LogP contribution in [0.15, 0.2) is 34.7 Å². The number of amides is 1. The summed E-state index contributed by atoms with van der Waals surface area (Å²) in [6.45, 7) is 5.36. The molecule has 3 rings (SSSR count). The maximum Gasteiger partial charge on any atom is 0.230 e. The quantitative estimate of drug-likeness (QED) is 0.407. The van der Waals surface area contributed by atoms with E-state index in [-0.39, 0.29) is 17.5 Å². The summed E-state index contributed by atoms with van der Waals surface area (Å²) in [5.74, 6) is -0.0963. The highest BCUT2D eigenvalue weighted by molar-refractivity contribution is 8.01. The molecule has 0 aliphatic carbocycles. The van der Waals surface area contributed by atoms with E-state index >= 15 is 0 Å². The van der Waals surface area contributed by atoms with Gasteiger partial charge in [0.15, 0.2) is 4.34 Å². The molecule has 10 heteroatoms. The number of benzene rings is 1. The molecule has 2 N–H and O–H groups in total. The molecule has 3 aromatic rings. The summed E-state index contributed by atoms with van der Waals surface area (Å²) < 4.78 is 15.8. The molecule has 0 radical (unpaired) electrons. The fraction of sp³-hybridized carbons (Fsp3) is 0.333. The summed E-state index contributed by atoms with van der Waals surface area (Å²) in [6, 6.07) is 8.16. The maximum atomic E-state index is 13.2. The summed E-state index contributed by atoms with van der Waals surface area (Å²) in [7, 11) is 0. The van der Waals surface area contributed by atoms with E-state index in [0.717, 1.165) is 24.4 Å². The lowest BCUT2D eigenvalue weighted by molar-refractivity contribution is -0.118. The van der Waals surface area contributed by atoms with Crippen molar-refractivity contribution in [1.29, 1.82) is 0 Å². The molecule has 2 aromatic heterocycles. The van der Waals surface area contributed by atoms with Gasteiger partial charge in [-0.15, -0.1) is 10.2 Å². The third-order valence-corrected chi connectivity index (χ3v) is 5.75. The molecule has 0 saturated heterocycles. The SMILES string of the molecule is Cc1cc(C)n(CCCNC(=O)CSc2nnc(Nc3cccc(F)c3)s2)n1. The van der Waals surface area contributed by atoms with Crippen molar-refractivity contribution in [1.82, 2.24) is 25.3 Å². The summed E-state index contributed by atoms with van der Waals surface area (Å²) in [4.78, 5) is 12.0. The zero-order chi connectivity index (χ0) is 19.9. The van der Waals surface area contributed by atoms with E-state index in [4.69, 9.17) is 0 Å². The van der Waals surface area contributed by atoms with Crippen LogP contribution in [0.1, 0.15) is 17.8 Å². The molecule has 28 heavy (non-hydrogen) atoms. The van der Waals surface area contributed by atoms with Gasteiger partial charge in [-0.05, 0) is 44.5 Å². The lowest BCUT2D eigenvalue weighted by atomic mass is 10.3. The first kappa shape index (κ1) is 20.3. The number of aryl methyl sites for hydroxylation is 3. The number of halogens is 1. The summed E-state index contributed by atoms with van der Waals surface area (Å²) in [5.41, 5.74) is 2.73. The zero-order valence-corrected chi connectivity index (χ0v) is 17.2. The monoisotopic (exact) mass is 420 g/mol. The highest BCUT2D eigenvalue weighted by atomic mass is 32.2. The van der Waals surface area contributed by atoms with E-state index in [1.807, 2.05) is 24.6 Å². The van der Waals surface area contributed by atoms with Crippen LogP contribution in [0.2, 0.25) is 0 Å². The van der Waals surface area contributed by atoms with Crippen LogP contribution >= 0.6 is 23.1 Å². The van der Waals surface area contributed by atoms with Gasteiger partial charge in [0.05, 0.1) is 11.4 Å². The number of hydrogen-bond donors (Lipinski definition) is 2. The van der Waals surface area contributed by atoms with E-state index in [0.29, 0.717) is 21.7 Å². The Hall–Kier alpha value is -2.46. The second kappa shape index (κ2) is 9.65. The van der Waals surface area contributed by atoms with Gasteiger partial charge in [-0.3, -0.25) is 9.48 Å². The minimum absolute atomic E-state index is 0.0480. The largest absolute Gasteiger partial charge is 0.355 e. The van der Waals surface area contributed by atoms with Crippen LogP contribution in [0.4, 0.5) is 15.2 Å². The molecule has 2 heterocycles. The Bertz CT molecular complexity index is 942. The fourth-order valence-electron chi connectivity index (χ4n) is 2.54. The van der Waals surface area contributed by atoms with Gasteiger partial charge >= 0.3 is 0 Å². The van der Waals surface area contributed by atoms with Crippen LogP contribution in [0.25, 0.3) is 0 Å². The van der Waals surface area contributed by atoms with E-state index in [2.05, 4.69) is 25.9 Å². The Labute approximate surface area is 170 Å². The molecule has 1 aromatic carbocycles. The van der Waals surface area contributed by atoms with Gasteiger partial charge in [0.1, 0.15) is 5.82 Å². The molecule has 0 fully saturated rings. The maximum absolute atomic E-state index is 13.2. The van der Waals surface area contributed by atoms with Crippen LogP contribution in [-0.4, -0.2) is 38.2 Å². The van der Waals surface area contributed by atoms with Gasteiger partial charge in [0.25, 0.3) is 0 Å². The highest BCUT2D eigenvalue weighted by Crippen LogP contribution is 2.27. The average molecular weight is 421 g/mol. The van der Waals surface area contributed by atoms with Crippen molar-refractivity contribution in [2.45, 2.75) is 31.2 Å². The molecule has 0 aliphatic rings. The smallest absolute Gasteiger partial charge is 0.230 e. The Balaban J connectivity index is 1.36. The number of thioether (sulfide) groups is 1. The number of nitrogens with zero attached hydrogens (tertiary/aromatic N) is 4. The Morgan fingerprint density at radius 2 is 2.14 bits per heavy atom. The molecule has 0 saturated carbocycles. The molecule has 0 unspecified atom stereocenters. The van der Waals surface area contributed by atoms with E-state index in [1.165, 1.54) is 35.2 Å². The molecule has 0 bridgehead atoms. The molecular formula is C18H21FN6OS2.